The minimum absolute atomic E-state index is 0.0919. The zero-order valence-corrected chi connectivity index (χ0v) is 12.2. The van der Waals surface area contributed by atoms with Gasteiger partial charge in [0, 0.05) is 6.42 Å². The van der Waals surface area contributed by atoms with Crippen molar-refractivity contribution in [2.75, 3.05) is 13.1 Å². The summed E-state index contributed by atoms with van der Waals surface area (Å²) in [5, 5.41) is 2.75. The molecule has 1 amide bonds. The van der Waals surface area contributed by atoms with E-state index < -0.39 is 9.96 Å². The van der Waals surface area contributed by atoms with E-state index in [2.05, 4.69) is 5.32 Å². The molecule has 0 aromatic carbocycles. The summed E-state index contributed by atoms with van der Waals surface area (Å²) in [6.45, 7) is 7.27. The van der Waals surface area contributed by atoms with Crippen LogP contribution in [-0.2, 0) is 4.79 Å². The second-order valence-electron chi connectivity index (χ2n) is 3.48. The highest BCUT2D eigenvalue weighted by Crippen LogP contribution is 2.32. The molecule has 0 aliphatic rings. The van der Waals surface area contributed by atoms with Crippen molar-refractivity contribution < 1.29 is 4.79 Å². The van der Waals surface area contributed by atoms with E-state index in [9.17, 15) is 4.79 Å². The van der Waals surface area contributed by atoms with Crippen molar-refractivity contribution in [3.05, 3.63) is 0 Å². The van der Waals surface area contributed by atoms with E-state index in [0.717, 1.165) is 6.42 Å². The summed E-state index contributed by atoms with van der Waals surface area (Å²) >= 11 is 17.6. The number of hydrogen-bond acceptors (Lipinski definition) is 2. The second kappa shape index (κ2) is 7.59. The molecule has 0 aliphatic carbocycles. The SMILES string of the molecule is CCCC(=O)N[C@H](N(CC)CC)C(Cl)(Cl)Cl. The van der Waals surface area contributed by atoms with Gasteiger partial charge in [0.2, 0.25) is 9.70 Å². The highest BCUT2D eigenvalue weighted by molar-refractivity contribution is 6.68. The van der Waals surface area contributed by atoms with Gasteiger partial charge in [-0.2, -0.15) is 0 Å². The lowest BCUT2D eigenvalue weighted by Gasteiger charge is -2.34. The molecule has 0 rings (SSSR count). The molecule has 16 heavy (non-hydrogen) atoms. The number of alkyl halides is 3. The Kier molecular flexibility index (Phi) is 7.73. The molecule has 0 heterocycles. The van der Waals surface area contributed by atoms with Gasteiger partial charge < -0.3 is 5.32 Å². The number of amides is 1. The van der Waals surface area contributed by atoms with E-state index in [-0.39, 0.29) is 5.91 Å². The fourth-order valence-corrected chi connectivity index (χ4v) is 2.00. The molecule has 0 aliphatic heterocycles. The van der Waals surface area contributed by atoms with Crippen molar-refractivity contribution in [3.8, 4) is 0 Å². The highest BCUT2D eigenvalue weighted by Gasteiger charge is 2.37. The van der Waals surface area contributed by atoms with E-state index in [1.807, 2.05) is 25.7 Å². The molecule has 1 atom stereocenters. The van der Waals surface area contributed by atoms with Crippen LogP contribution in [0.5, 0.6) is 0 Å². The Bertz CT molecular complexity index is 215. The van der Waals surface area contributed by atoms with Crippen LogP contribution in [0.15, 0.2) is 0 Å². The van der Waals surface area contributed by atoms with Crippen molar-refractivity contribution in [2.45, 2.75) is 43.6 Å². The van der Waals surface area contributed by atoms with Crippen molar-refractivity contribution >= 4 is 40.7 Å². The van der Waals surface area contributed by atoms with Gasteiger partial charge in [-0.05, 0) is 19.5 Å². The van der Waals surface area contributed by atoms with Gasteiger partial charge in [0.25, 0.3) is 0 Å². The average molecular weight is 290 g/mol. The zero-order chi connectivity index (χ0) is 12.8. The van der Waals surface area contributed by atoms with E-state index in [0.29, 0.717) is 19.5 Å². The fraction of sp³-hybridized carbons (Fsp3) is 0.900. The van der Waals surface area contributed by atoms with Gasteiger partial charge in [-0.15, -0.1) is 0 Å². The van der Waals surface area contributed by atoms with E-state index in [4.69, 9.17) is 34.8 Å². The van der Waals surface area contributed by atoms with Crippen LogP contribution in [0.25, 0.3) is 0 Å². The summed E-state index contributed by atoms with van der Waals surface area (Å²) in [4.78, 5) is 13.4. The summed E-state index contributed by atoms with van der Waals surface area (Å²) in [7, 11) is 0. The Morgan fingerprint density at radius 2 is 1.75 bits per heavy atom. The topological polar surface area (TPSA) is 32.3 Å². The van der Waals surface area contributed by atoms with E-state index in [1.165, 1.54) is 0 Å². The summed E-state index contributed by atoms with van der Waals surface area (Å²) < 4.78 is -1.52. The number of rotatable bonds is 6. The van der Waals surface area contributed by atoms with Crippen molar-refractivity contribution in [1.82, 2.24) is 10.2 Å². The number of nitrogens with zero attached hydrogens (tertiary/aromatic N) is 1. The summed E-state index contributed by atoms with van der Waals surface area (Å²) in [6, 6.07) is 0. The van der Waals surface area contributed by atoms with Crippen molar-refractivity contribution in [2.24, 2.45) is 0 Å². The summed E-state index contributed by atoms with van der Waals surface area (Å²) in [5.74, 6) is -0.0919. The normalized spacial score (nSPS) is 13.9. The predicted octanol–water partition coefficient (Wildman–Crippen LogP) is 2.94. The van der Waals surface area contributed by atoms with Gasteiger partial charge in [-0.1, -0.05) is 55.6 Å². The lowest BCUT2D eigenvalue weighted by Crippen LogP contribution is -2.55. The average Bonchev–Trinajstić information content (AvgIpc) is 2.17. The van der Waals surface area contributed by atoms with Crippen LogP contribution < -0.4 is 5.32 Å². The molecule has 0 bridgehead atoms. The zero-order valence-electron chi connectivity index (χ0n) is 9.90. The minimum atomic E-state index is -1.52. The van der Waals surface area contributed by atoms with Crippen LogP contribution in [0, 0.1) is 0 Å². The molecule has 0 aromatic rings. The fourth-order valence-electron chi connectivity index (χ4n) is 1.42. The van der Waals surface area contributed by atoms with Crippen molar-refractivity contribution in [3.63, 3.8) is 0 Å². The first-order chi connectivity index (χ1) is 7.36. The van der Waals surface area contributed by atoms with Gasteiger partial charge in [0.1, 0.15) is 6.17 Å². The molecule has 6 heteroatoms. The first-order valence-electron chi connectivity index (χ1n) is 5.46. The van der Waals surface area contributed by atoms with Crippen LogP contribution in [0.2, 0.25) is 0 Å². The Morgan fingerprint density at radius 1 is 1.25 bits per heavy atom. The molecular formula is C10H19Cl3N2O. The van der Waals surface area contributed by atoms with Crippen LogP contribution in [-0.4, -0.2) is 33.9 Å². The maximum atomic E-state index is 11.5. The first kappa shape index (κ1) is 16.3. The van der Waals surface area contributed by atoms with Gasteiger partial charge in [-0.3, -0.25) is 9.69 Å². The molecule has 0 saturated heterocycles. The Morgan fingerprint density at radius 3 is 2.06 bits per heavy atom. The smallest absolute Gasteiger partial charge is 0.223 e. The third kappa shape index (κ3) is 5.58. The Balaban J connectivity index is 4.62. The number of carbonyl (C=O) groups is 1. The molecule has 0 saturated carbocycles. The quantitative estimate of drug-likeness (QED) is 0.602. The number of carbonyl (C=O) groups excluding carboxylic acids is 1. The van der Waals surface area contributed by atoms with Crippen molar-refractivity contribution in [1.29, 1.82) is 0 Å². The minimum Gasteiger partial charge on any atom is -0.337 e. The predicted molar refractivity (Wildman–Crippen MR) is 70.0 cm³/mol. The molecule has 0 aromatic heterocycles. The number of nitrogens with one attached hydrogen (secondary N) is 1. The Labute approximate surface area is 112 Å². The molecule has 3 nitrogen and oxygen atoms in total. The monoisotopic (exact) mass is 288 g/mol. The van der Waals surface area contributed by atoms with Crippen LogP contribution in [0.4, 0.5) is 0 Å². The van der Waals surface area contributed by atoms with Gasteiger partial charge >= 0.3 is 0 Å². The van der Waals surface area contributed by atoms with Crippen LogP contribution >= 0.6 is 34.8 Å². The molecule has 0 radical (unpaired) electrons. The molecular weight excluding hydrogens is 270 g/mol. The lowest BCUT2D eigenvalue weighted by molar-refractivity contribution is -0.123. The third-order valence-corrected chi connectivity index (χ3v) is 2.88. The number of hydrogen-bond donors (Lipinski definition) is 1. The van der Waals surface area contributed by atoms with Gasteiger partial charge in [-0.25, -0.2) is 0 Å². The summed E-state index contributed by atoms with van der Waals surface area (Å²) in [5.41, 5.74) is 0. The molecule has 0 unspecified atom stereocenters. The van der Waals surface area contributed by atoms with Gasteiger partial charge in [0.05, 0.1) is 0 Å². The molecule has 0 spiro atoms. The molecule has 96 valence electrons. The third-order valence-electron chi connectivity index (χ3n) is 2.26. The molecule has 1 N–H and O–H groups in total. The van der Waals surface area contributed by atoms with Crippen LogP contribution in [0.1, 0.15) is 33.6 Å². The van der Waals surface area contributed by atoms with Gasteiger partial charge in [0.15, 0.2) is 0 Å². The van der Waals surface area contributed by atoms with Crippen LogP contribution in [0.3, 0.4) is 0 Å². The maximum absolute atomic E-state index is 11.5. The standard InChI is InChI=1S/C10H19Cl3N2O/c1-4-7-8(16)14-9(10(11,12)13)15(5-2)6-3/h9H,4-7H2,1-3H3,(H,14,16)/t9-/m1/s1. The highest BCUT2D eigenvalue weighted by atomic mass is 35.6. The molecule has 0 fully saturated rings. The summed E-state index contributed by atoms with van der Waals surface area (Å²) in [6.07, 6.45) is 0.640. The van der Waals surface area contributed by atoms with E-state index >= 15 is 0 Å². The number of halogens is 3. The van der Waals surface area contributed by atoms with E-state index in [1.54, 1.807) is 0 Å². The first-order valence-corrected chi connectivity index (χ1v) is 6.60. The Hall–Kier alpha value is 0.300. The maximum Gasteiger partial charge on any atom is 0.223 e. The lowest BCUT2D eigenvalue weighted by atomic mass is 10.3. The largest absolute Gasteiger partial charge is 0.337 e. The second-order valence-corrected chi connectivity index (χ2v) is 5.85.